The second-order valence-corrected chi connectivity index (χ2v) is 5.08. The summed E-state index contributed by atoms with van der Waals surface area (Å²) in [5.41, 5.74) is 1.94. The van der Waals surface area contributed by atoms with Crippen LogP contribution in [0.25, 0.3) is 0 Å². The Morgan fingerprint density at radius 1 is 1.44 bits per heavy atom. The fraction of sp³-hybridized carbons (Fsp3) is 0.417. The highest BCUT2D eigenvalue weighted by molar-refractivity contribution is 6.48. The third-order valence-electron chi connectivity index (χ3n) is 4.01. The van der Waals surface area contributed by atoms with Gasteiger partial charge in [0.25, 0.3) is 0 Å². The number of hydrogen-bond donors (Lipinski definition) is 2. The van der Waals surface area contributed by atoms with E-state index in [0.29, 0.717) is 18.1 Å². The summed E-state index contributed by atoms with van der Waals surface area (Å²) in [6.45, 7) is 0.509. The van der Waals surface area contributed by atoms with Crippen molar-refractivity contribution in [1.29, 1.82) is 0 Å². The SMILES string of the molecule is O=C(O)c1c2c(cc3c1OB(O)C1CC31)CCO2. The Kier molecular flexibility index (Phi) is 1.82. The van der Waals surface area contributed by atoms with E-state index < -0.39 is 13.1 Å². The van der Waals surface area contributed by atoms with E-state index in [1.165, 1.54) is 0 Å². The lowest BCUT2D eigenvalue weighted by Gasteiger charge is -2.22. The molecule has 0 bridgehead atoms. The summed E-state index contributed by atoms with van der Waals surface area (Å²) in [6, 6.07) is 1.99. The molecule has 1 saturated carbocycles. The Morgan fingerprint density at radius 2 is 2.28 bits per heavy atom. The highest BCUT2D eigenvalue weighted by atomic mass is 16.5. The van der Waals surface area contributed by atoms with Gasteiger partial charge < -0.3 is 19.5 Å². The number of carboxylic acids is 1. The fourth-order valence-corrected chi connectivity index (χ4v) is 3.03. The van der Waals surface area contributed by atoms with Gasteiger partial charge in [0.2, 0.25) is 0 Å². The zero-order valence-electron chi connectivity index (χ0n) is 9.55. The molecule has 1 fully saturated rings. The Bertz CT molecular complexity index is 570. The molecule has 1 aromatic carbocycles. The summed E-state index contributed by atoms with van der Waals surface area (Å²) in [4.78, 5) is 11.4. The Labute approximate surface area is 103 Å². The molecule has 0 amide bonds. The van der Waals surface area contributed by atoms with Gasteiger partial charge in [-0.1, -0.05) is 0 Å². The maximum atomic E-state index is 11.4. The first kappa shape index (κ1) is 10.3. The number of aromatic carboxylic acids is 1. The molecule has 2 atom stereocenters. The van der Waals surface area contributed by atoms with Crippen LogP contribution in [-0.4, -0.2) is 29.8 Å². The molecular formula is C12H11BO5. The molecule has 2 unspecified atom stereocenters. The number of hydrogen-bond acceptors (Lipinski definition) is 4. The monoisotopic (exact) mass is 246 g/mol. The second kappa shape index (κ2) is 3.20. The van der Waals surface area contributed by atoms with Crippen molar-refractivity contribution in [2.24, 2.45) is 0 Å². The first-order chi connectivity index (χ1) is 8.66. The van der Waals surface area contributed by atoms with Crippen LogP contribution in [-0.2, 0) is 6.42 Å². The lowest BCUT2D eigenvalue weighted by atomic mass is 9.76. The minimum Gasteiger partial charge on any atom is -0.535 e. The number of rotatable bonds is 1. The van der Waals surface area contributed by atoms with Crippen molar-refractivity contribution in [1.82, 2.24) is 0 Å². The van der Waals surface area contributed by atoms with Crippen LogP contribution in [0.4, 0.5) is 0 Å². The van der Waals surface area contributed by atoms with Gasteiger partial charge in [0.1, 0.15) is 17.1 Å². The largest absolute Gasteiger partial charge is 0.535 e. The molecule has 6 heteroatoms. The zero-order chi connectivity index (χ0) is 12.4. The van der Waals surface area contributed by atoms with Gasteiger partial charge in [0.15, 0.2) is 0 Å². The second-order valence-electron chi connectivity index (χ2n) is 5.08. The molecule has 0 aromatic heterocycles. The minimum atomic E-state index is -1.06. The van der Waals surface area contributed by atoms with Crippen molar-refractivity contribution in [3.8, 4) is 11.5 Å². The summed E-state index contributed by atoms with van der Waals surface area (Å²) >= 11 is 0. The predicted octanol–water partition coefficient (Wildman–Crippen LogP) is 1.05. The van der Waals surface area contributed by atoms with Crippen molar-refractivity contribution >= 4 is 13.1 Å². The van der Waals surface area contributed by atoms with E-state index in [1.807, 2.05) is 6.07 Å². The predicted molar refractivity (Wildman–Crippen MR) is 62.3 cm³/mol. The third kappa shape index (κ3) is 1.18. The van der Waals surface area contributed by atoms with Crippen LogP contribution >= 0.6 is 0 Å². The molecule has 1 aromatic rings. The fourth-order valence-electron chi connectivity index (χ4n) is 3.03. The summed E-state index contributed by atoms with van der Waals surface area (Å²) in [7, 11) is -0.889. The third-order valence-corrected chi connectivity index (χ3v) is 4.01. The number of carbonyl (C=O) groups is 1. The average Bonchev–Trinajstić information content (AvgIpc) is 3.00. The molecule has 3 aliphatic rings. The number of carboxylic acid groups (broad SMARTS) is 1. The summed E-state index contributed by atoms with van der Waals surface area (Å²) < 4.78 is 10.8. The molecule has 0 spiro atoms. The van der Waals surface area contributed by atoms with Crippen LogP contribution in [0, 0.1) is 0 Å². The first-order valence-corrected chi connectivity index (χ1v) is 6.07. The molecule has 2 N–H and O–H groups in total. The molecule has 1 aliphatic carbocycles. The Balaban J connectivity index is 1.98. The molecule has 0 saturated heterocycles. The van der Waals surface area contributed by atoms with Crippen LogP contribution in [0.5, 0.6) is 11.5 Å². The van der Waals surface area contributed by atoms with Crippen LogP contribution in [0.2, 0.25) is 5.82 Å². The van der Waals surface area contributed by atoms with Crippen LogP contribution < -0.4 is 9.39 Å². The molecular weight excluding hydrogens is 235 g/mol. The van der Waals surface area contributed by atoms with Crippen LogP contribution in [0.1, 0.15) is 33.8 Å². The lowest BCUT2D eigenvalue weighted by Crippen LogP contribution is -2.27. The van der Waals surface area contributed by atoms with Crippen molar-refractivity contribution in [2.75, 3.05) is 6.61 Å². The van der Waals surface area contributed by atoms with Crippen LogP contribution in [0.15, 0.2) is 6.07 Å². The average molecular weight is 246 g/mol. The zero-order valence-corrected chi connectivity index (χ0v) is 9.55. The van der Waals surface area contributed by atoms with E-state index in [2.05, 4.69) is 0 Å². The first-order valence-electron chi connectivity index (χ1n) is 6.07. The molecule has 18 heavy (non-hydrogen) atoms. The van der Waals surface area contributed by atoms with Crippen molar-refractivity contribution in [3.63, 3.8) is 0 Å². The maximum Gasteiger partial charge on any atom is 0.526 e. The van der Waals surface area contributed by atoms with E-state index in [-0.39, 0.29) is 17.3 Å². The Morgan fingerprint density at radius 3 is 3.06 bits per heavy atom. The van der Waals surface area contributed by atoms with Gasteiger partial charge in [-0.25, -0.2) is 4.79 Å². The molecule has 0 radical (unpaired) electrons. The smallest absolute Gasteiger partial charge is 0.526 e. The van der Waals surface area contributed by atoms with E-state index >= 15 is 0 Å². The summed E-state index contributed by atoms with van der Waals surface area (Å²) in [6.07, 6.45) is 1.61. The van der Waals surface area contributed by atoms with Gasteiger partial charge >= 0.3 is 13.1 Å². The summed E-state index contributed by atoms with van der Waals surface area (Å²) in [5, 5.41) is 19.1. The van der Waals surface area contributed by atoms with Gasteiger partial charge in [-0.3, -0.25) is 0 Å². The quantitative estimate of drug-likeness (QED) is 0.724. The van der Waals surface area contributed by atoms with Crippen molar-refractivity contribution in [3.05, 3.63) is 22.8 Å². The molecule has 2 heterocycles. The van der Waals surface area contributed by atoms with Crippen LogP contribution in [0.3, 0.4) is 0 Å². The van der Waals surface area contributed by atoms with Crippen molar-refractivity contribution in [2.45, 2.75) is 24.6 Å². The van der Waals surface area contributed by atoms with Gasteiger partial charge in [-0.2, -0.15) is 0 Å². The lowest BCUT2D eigenvalue weighted by molar-refractivity contribution is 0.0690. The standard InChI is InChI=1S/C12H11BO5/c14-12(15)9-10-5(1-2-17-10)3-7-6-4-8(6)13(16)18-11(7)9/h3,6,8,16H,1-2,4H2,(H,14,15). The molecule has 4 rings (SSSR count). The highest BCUT2D eigenvalue weighted by Crippen LogP contribution is 2.61. The Hall–Kier alpha value is -1.69. The maximum absolute atomic E-state index is 11.4. The van der Waals surface area contributed by atoms with Gasteiger partial charge in [0, 0.05) is 12.2 Å². The van der Waals surface area contributed by atoms with E-state index in [1.54, 1.807) is 0 Å². The number of ether oxygens (including phenoxy) is 1. The van der Waals surface area contributed by atoms with E-state index in [4.69, 9.17) is 9.39 Å². The summed E-state index contributed by atoms with van der Waals surface area (Å²) in [5.74, 6) is 0.0190. The number of fused-ring (bicyclic) bond motifs is 4. The van der Waals surface area contributed by atoms with Gasteiger partial charge in [-0.05, 0) is 29.5 Å². The van der Waals surface area contributed by atoms with E-state index in [0.717, 1.165) is 24.0 Å². The topological polar surface area (TPSA) is 76.0 Å². The molecule has 2 aliphatic heterocycles. The number of benzene rings is 1. The van der Waals surface area contributed by atoms with Gasteiger partial charge in [-0.15, -0.1) is 0 Å². The van der Waals surface area contributed by atoms with Crippen molar-refractivity contribution < 1.29 is 24.3 Å². The highest BCUT2D eigenvalue weighted by Gasteiger charge is 2.55. The van der Waals surface area contributed by atoms with E-state index in [9.17, 15) is 14.9 Å². The normalized spacial score (nSPS) is 26.6. The van der Waals surface area contributed by atoms with Gasteiger partial charge in [0.05, 0.1) is 6.61 Å². The minimum absolute atomic E-state index is 0.0735. The molecule has 5 nitrogen and oxygen atoms in total. The molecule has 92 valence electrons.